The van der Waals surface area contributed by atoms with Gasteiger partial charge >= 0.3 is 0 Å². The van der Waals surface area contributed by atoms with Crippen LogP contribution >= 0.6 is 11.6 Å². The Bertz CT molecular complexity index is 238. The molecule has 0 saturated heterocycles. The third kappa shape index (κ3) is 3.94. The first-order valence-electron chi connectivity index (χ1n) is 5.86. The van der Waals surface area contributed by atoms with Gasteiger partial charge in [0.25, 0.3) is 0 Å². The second kappa shape index (κ2) is 6.26. The molecule has 1 aliphatic rings. The number of halogens is 1. The summed E-state index contributed by atoms with van der Waals surface area (Å²) in [5, 5.41) is -0.296. The predicted molar refractivity (Wildman–Crippen MR) is 60.8 cm³/mol. The summed E-state index contributed by atoms with van der Waals surface area (Å²) in [4.78, 5) is 22.4. The predicted octanol–water partition coefficient (Wildman–Crippen LogP) is 3.32. The van der Waals surface area contributed by atoms with Crippen molar-refractivity contribution < 1.29 is 9.59 Å². The molecule has 0 aliphatic heterocycles. The van der Waals surface area contributed by atoms with Crippen LogP contribution in [0.1, 0.15) is 51.9 Å². The van der Waals surface area contributed by atoms with Gasteiger partial charge < -0.3 is 0 Å². The minimum atomic E-state index is -0.296. The van der Waals surface area contributed by atoms with Crippen LogP contribution in [0.4, 0.5) is 0 Å². The smallest absolute Gasteiger partial charge is 0.221 e. The molecule has 3 heteroatoms. The highest BCUT2D eigenvalue weighted by atomic mass is 35.5. The molecule has 86 valence electrons. The van der Waals surface area contributed by atoms with Gasteiger partial charge in [0, 0.05) is 18.8 Å². The van der Waals surface area contributed by atoms with Crippen LogP contribution < -0.4 is 0 Å². The fourth-order valence-corrected chi connectivity index (χ4v) is 2.64. The van der Waals surface area contributed by atoms with Crippen molar-refractivity contribution in [1.82, 2.24) is 0 Å². The van der Waals surface area contributed by atoms with Crippen LogP contribution in [0.3, 0.4) is 0 Å². The fourth-order valence-electron chi connectivity index (χ4n) is 2.44. The summed E-state index contributed by atoms with van der Waals surface area (Å²) in [6.45, 7) is 2.15. The van der Waals surface area contributed by atoms with E-state index in [1.165, 1.54) is 12.8 Å². The molecular formula is C12H19ClO2. The van der Waals surface area contributed by atoms with Crippen molar-refractivity contribution in [3.05, 3.63) is 0 Å². The molecule has 0 N–H and O–H groups in total. The van der Waals surface area contributed by atoms with E-state index < -0.39 is 0 Å². The molecule has 0 aromatic rings. The van der Waals surface area contributed by atoms with Crippen LogP contribution in [-0.4, -0.2) is 11.0 Å². The average Bonchev–Trinajstić information content (AvgIpc) is 2.49. The van der Waals surface area contributed by atoms with Crippen molar-refractivity contribution in [2.45, 2.75) is 51.9 Å². The molecule has 1 aliphatic carbocycles. The van der Waals surface area contributed by atoms with Gasteiger partial charge in [-0.1, -0.05) is 26.2 Å². The van der Waals surface area contributed by atoms with E-state index in [0.29, 0.717) is 18.6 Å². The number of ketones is 1. The van der Waals surface area contributed by atoms with E-state index in [1.807, 2.05) is 0 Å². The SMILES string of the molecule is CCCCCC1C(=O)CCC1CC(=O)Cl. The number of hydrogen-bond acceptors (Lipinski definition) is 2. The Morgan fingerprint density at radius 3 is 2.80 bits per heavy atom. The van der Waals surface area contributed by atoms with Gasteiger partial charge in [0.2, 0.25) is 5.24 Å². The molecule has 0 amide bonds. The van der Waals surface area contributed by atoms with Gasteiger partial charge in [-0.3, -0.25) is 9.59 Å². The molecule has 0 aromatic carbocycles. The maximum Gasteiger partial charge on any atom is 0.221 e. The van der Waals surface area contributed by atoms with Crippen molar-refractivity contribution in [3.8, 4) is 0 Å². The standard InChI is InChI=1S/C12H19ClO2/c1-2-3-4-5-10-9(8-12(13)15)6-7-11(10)14/h9-10H,2-8H2,1H3. The number of hydrogen-bond donors (Lipinski definition) is 0. The molecule has 15 heavy (non-hydrogen) atoms. The Labute approximate surface area is 96.4 Å². The van der Waals surface area contributed by atoms with E-state index in [2.05, 4.69) is 6.92 Å². The lowest BCUT2D eigenvalue weighted by Crippen LogP contribution is -2.16. The molecule has 2 unspecified atom stereocenters. The molecule has 2 atom stereocenters. The molecular weight excluding hydrogens is 212 g/mol. The highest BCUT2D eigenvalue weighted by Crippen LogP contribution is 2.35. The molecule has 0 bridgehead atoms. The average molecular weight is 231 g/mol. The molecule has 1 saturated carbocycles. The van der Waals surface area contributed by atoms with Gasteiger partial charge in [0.15, 0.2) is 0 Å². The summed E-state index contributed by atoms with van der Waals surface area (Å²) in [6.07, 6.45) is 6.26. The van der Waals surface area contributed by atoms with Crippen molar-refractivity contribution in [2.75, 3.05) is 0 Å². The van der Waals surface area contributed by atoms with Crippen molar-refractivity contribution in [2.24, 2.45) is 11.8 Å². The van der Waals surface area contributed by atoms with Crippen molar-refractivity contribution >= 4 is 22.6 Å². The number of unbranched alkanes of at least 4 members (excludes halogenated alkanes) is 2. The van der Waals surface area contributed by atoms with Crippen LogP contribution in [0.15, 0.2) is 0 Å². The van der Waals surface area contributed by atoms with Gasteiger partial charge in [-0.05, 0) is 30.4 Å². The zero-order valence-electron chi connectivity index (χ0n) is 9.30. The minimum absolute atomic E-state index is 0.110. The Morgan fingerprint density at radius 2 is 2.20 bits per heavy atom. The molecule has 0 radical (unpaired) electrons. The summed E-state index contributed by atoms with van der Waals surface area (Å²) >= 11 is 5.38. The molecule has 0 aromatic heterocycles. The number of carbonyl (C=O) groups is 2. The highest BCUT2D eigenvalue weighted by molar-refractivity contribution is 6.63. The molecule has 1 rings (SSSR count). The maximum absolute atomic E-state index is 11.6. The minimum Gasteiger partial charge on any atom is -0.299 e. The molecule has 2 nitrogen and oxygen atoms in total. The second-order valence-corrected chi connectivity index (χ2v) is 4.85. The summed E-state index contributed by atoms with van der Waals surface area (Å²) in [5.74, 6) is 0.674. The fraction of sp³-hybridized carbons (Fsp3) is 0.833. The van der Waals surface area contributed by atoms with Gasteiger partial charge in [-0.25, -0.2) is 0 Å². The highest BCUT2D eigenvalue weighted by Gasteiger charge is 2.34. The number of carbonyl (C=O) groups excluding carboxylic acids is 2. The van der Waals surface area contributed by atoms with Gasteiger partial charge in [0.1, 0.15) is 5.78 Å². The van der Waals surface area contributed by atoms with Crippen molar-refractivity contribution in [1.29, 1.82) is 0 Å². The Morgan fingerprint density at radius 1 is 1.47 bits per heavy atom. The normalized spacial score (nSPS) is 25.9. The van der Waals surface area contributed by atoms with E-state index in [9.17, 15) is 9.59 Å². The topological polar surface area (TPSA) is 34.1 Å². The zero-order chi connectivity index (χ0) is 11.3. The third-order valence-corrected chi connectivity index (χ3v) is 3.44. The second-order valence-electron chi connectivity index (χ2n) is 4.43. The first-order valence-corrected chi connectivity index (χ1v) is 6.24. The quantitative estimate of drug-likeness (QED) is 0.518. The molecule has 1 fully saturated rings. The largest absolute Gasteiger partial charge is 0.299 e. The molecule has 0 spiro atoms. The van der Waals surface area contributed by atoms with Gasteiger partial charge in [0.05, 0.1) is 0 Å². The lowest BCUT2D eigenvalue weighted by molar-refractivity contribution is -0.121. The number of rotatable bonds is 6. The Hall–Kier alpha value is -0.370. The van der Waals surface area contributed by atoms with E-state index in [0.717, 1.165) is 19.3 Å². The first kappa shape index (κ1) is 12.7. The lowest BCUT2D eigenvalue weighted by atomic mass is 9.88. The summed E-state index contributed by atoms with van der Waals surface area (Å²) < 4.78 is 0. The summed E-state index contributed by atoms with van der Waals surface area (Å²) in [5.41, 5.74) is 0. The number of Topliss-reactive ketones (excluding diaryl/α,β-unsaturated/α-hetero) is 1. The monoisotopic (exact) mass is 230 g/mol. The van der Waals surface area contributed by atoms with Crippen LogP contribution in [-0.2, 0) is 9.59 Å². The van der Waals surface area contributed by atoms with E-state index >= 15 is 0 Å². The van der Waals surface area contributed by atoms with Crippen molar-refractivity contribution in [3.63, 3.8) is 0 Å². The summed E-state index contributed by atoms with van der Waals surface area (Å²) in [7, 11) is 0. The Kier molecular flexibility index (Phi) is 5.30. The third-order valence-electron chi connectivity index (χ3n) is 3.29. The van der Waals surface area contributed by atoms with Gasteiger partial charge in [-0.15, -0.1) is 0 Å². The Balaban J connectivity index is 2.41. The van der Waals surface area contributed by atoms with E-state index in [4.69, 9.17) is 11.6 Å². The van der Waals surface area contributed by atoms with Crippen LogP contribution in [0.5, 0.6) is 0 Å². The van der Waals surface area contributed by atoms with E-state index in [-0.39, 0.29) is 17.1 Å². The van der Waals surface area contributed by atoms with Gasteiger partial charge in [-0.2, -0.15) is 0 Å². The van der Waals surface area contributed by atoms with E-state index in [1.54, 1.807) is 0 Å². The maximum atomic E-state index is 11.6. The lowest BCUT2D eigenvalue weighted by Gasteiger charge is -2.16. The summed E-state index contributed by atoms with van der Waals surface area (Å²) in [6, 6.07) is 0. The van der Waals surface area contributed by atoms with Crippen LogP contribution in [0, 0.1) is 11.8 Å². The van der Waals surface area contributed by atoms with Crippen LogP contribution in [0.25, 0.3) is 0 Å². The zero-order valence-corrected chi connectivity index (χ0v) is 10.1. The van der Waals surface area contributed by atoms with Crippen LogP contribution in [0.2, 0.25) is 0 Å². The first-order chi connectivity index (χ1) is 7.15. The molecule has 0 heterocycles.